The summed E-state index contributed by atoms with van der Waals surface area (Å²) >= 11 is 0. The predicted octanol–water partition coefficient (Wildman–Crippen LogP) is 2.10. The van der Waals surface area contributed by atoms with Gasteiger partial charge in [-0.15, -0.1) is 0 Å². The van der Waals surface area contributed by atoms with Crippen LogP contribution in [0.2, 0.25) is 0 Å². The summed E-state index contributed by atoms with van der Waals surface area (Å²) in [5.41, 5.74) is 0.431. The zero-order chi connectivity index (χ0) is 13.5. The minimum atomic E-state index is -0.613. The van der Waals surface area contributed by atoms with E-state index in [2.05, 4.69) is 5.32 Å². The fourth-order valence-electron chi connectivity index (χ4n) is 1.35. The van der Waals surface area contributed by atoms with Gasteiger partial charge < -0.3 is 10.1 Å². The highest BCUT2D eigenvalue weighted by Crippen LogP contribution is 2.18. The highest BCUT2D eigenvalue weighted by Gasteiger charge is 2.15. The number of benzene rings is 1. The second-order valence-corrected chi connectivity index (χ2v) is 4.51. The molecule has 0 saturated heterocycles. The lowest BCUT2D eigenvalue weighted by Crippen LogP contribution is -2.38. The molecule has 1 atom stereocenters. The molecular weight excluding hydrogens is 228 g/mol. The minimum Gasteiger partial charge on any atom is -0.480 e. The molecule has 0 bridgehead atoms. The van der Waals surface area contributed by atoms with E-state index >= 15 is 0 Å². The number of nitrogens with zero attached hydrogens (tertiary/aromatic N) is 1. The van der Waals surface area contributed by atoms with Crippen molar-refractivity contribution in [1.82, 2.24) is 5.32 Å². The molecule has 0 heterocycles. The van der Waals surface area contributed by atoms with Crippen molar-refractivity contribution in [3.63, 3.8) is 0 Å². The SMILES string of the molecule is CC(C)CNC(=O)C(C)Oc1ccccc1C#N. The van der Waals surface area contributed by atoms with Gasteiger partial charge in [0.2, 0.25) is 0 Å². The van der Waals surface area contributed by atoms with Gasteiger partial charge in [-0.3, -0.25) is 4.79 Å². The third-order valence-electron chi connectivity index (χ3n) is 2.37. The second kappa shape index (κ2) is 6.65. The lowest BCUT2D eigenvalue weighted by Gasteiger charge is -2.16. The monoisotopic (exact) mass is 246 g/mol. The zero-order valence-electron chi connectivity index (χ0n) is 10.9. The van der Waals surface area contributed by atoms with Gasteiger partial charge in [-0.25, -0.2) is 0 Å². The molecule has 4 nitrogen and oxygen atoms in total. The van der Waals surface area contributed by atoms with Gasteiger partial charge in [0.1, 0.15) is 11.8 Å². The van der Waals surface area contributed by atoms with Crippen molar-refractivity contribution in [2.24, 2.45) is 5.92 Å². The first-order valence-corrected chi connectivity index (χ1v) is 5.98. The van der Waals surface area contributed by atoms with E-state index in [0.29, 0.717) is 23.8 Å². The lowest BCUT2D eigenvalue weighted by molar-refractivity contribution is -0.127. The smallest absolute Gasteiger partial charge is 0.260 e. The topological polar surface area (TPSA) is 62.1 Å². The maximum atomic E-state index is 11.7. The summed E-state index contributed by atoms with van der Waals surface area (Å²) in [6.45, 7) is 6.34. The van der Waals surface area contributed by atoms with Crippen molar-refractivity contribution in [3.8, 4) is 11.8 Å². The van der Waals surface area contributed by atoms with Crippen LogP contribution in [0, 0.1) is 17.2 Å². The number of ether oxygens (including phenoxy) is 1. The van der Waals surface area contributed by atoms with Crippen molar-refractivity contribution < 1.29 is 9.53 Å². The standard InChI is InChI=1S/C14H18N2O2/c1-10(2)9-16-14(17)11(3)18-13-7-5-4-6-12(13)8-15/h4-7,10-11H,9H2,1-3H3,(H,16,17). The van der Waals surface area contributed by atoms with E-state index in [4.69, 9.17) is 10.00 Å². The highest BCUT2D eigenvalue weighted by atomic mass is 16.5. The number of hydrogen-bond donors (Lipinski definition) is 1. The molecule has 1 unspecified atom stereocenters. The van der Waals surface area contributed by atoms with Crippen molar-refractivity contribution in [2.75, 3.05) is 6.54 Å². The first-order chi connectivity index (χ1) is 8.54. The molecule has 0 aliphatic rings. The first kappa shape index (κ1) is 14.0. The van der Waals surface area contributed by atoms with E-state index in [1.807, 2.05) is 19.9 Å². The summed E-state index contributed by atoms with van der Waals surface area (Å²) in [4.78, 5) is 11.7. The largest absolute Gasteiger partial charge is 0.480 e. The summed E-state index contributed by atoms with van der Waals surface area (Å²) in [6, 6.07) is 8.91. The molecule has 1 aromatic carbocycles. The van der Waals surface area contributed by atoms with Gasteiger partial charge in [0, 0.05) is 6.54 Å². The van der Waals surface area contributed by atoms with E-state index in [1.54, 1.807) is 31.2 Å². The molecule has 0 aliphatic heterocycles. The van der Waals surface area contributed by atoms with Crippen molar-refractivity contribution >= 4 is 5.91 Å². The van der Waals surface area contributed by atoms with Crippen molar-refractivity contribution in [1.29, 1.82) is 5.26 Å². The Morgan fingerprint density at radius 3 is 2.67 bits per heavy atom. The number of para-hydroxylation sites is 1. The summed E-state index contributed by atoms with van der Waals surface area (Å²) in [5.74, 6) is 0.663. The Morgan fingerprint density at radius 1 is 1.39 bits per heavy atom. The number of nitrogens with one attached hydrogen (secondary N) is 1. The van der Waals surface area contributed by atoms with Gasteiger partial charge in [-0.05, 0) is 25.0 Å². The number of nitriles is 1. The van der Waals surface area contributed by atoms with Crippen LogP contribution in [0.4, 0.5) is 0 Å². The van der Waals surface area contributed by atoms with Gasteiger partial charge in [0.05, 0.1) is 5.56 Å². The fraction of sp³-hybridized carbons (Fsp3) is 0.429. The number of amides is 1. The fourth-order valence-corrected chi connectivity index (χ4v) is 1.35. The molecule has 4 heteroatoms. The first-order valence-electron chi connectivity index (χ1n) is 5.98. The molecule has 0 aromatic heterocycles. The van der Waals surface area contributed by atoms with E-state index in [-0.39, 0.29) is 5.91 Å². The predicted molar refractivity (Wildman–Crippen MR) is 69.1 cm³/mol. The third-order valence-corrected chi connectivity index (χ3v) is 2.37. The molecule has 96 valence electrons. The Balaban J connectivity index is 2.61. The van der Waals surface area contributed by atoms with Crippen molar-refractivity contribution in [3.05, 3.63) is 29.8 Å². The van der Waals surface area contributed by atoms with E-state index < -0.39 is 6.10 Å². The molecule has 1 amide bonds. The van der Waals surface area contributed by atoms with Crippen LogP contribution < -0.4 is 10.1 Å². The Hall–Kier alpha value is -2.02. The van der Waals surface area contributed by atoms with Crippen LogP contribution >= 0.6 is 0 Å². The molecule has 1 aromatic rings. The molecule has 0 radical (unpaired) electrons. The number of rotatable bonds is 5. The summed E-state index contributed by atoms with van der Waals surface area (Å²) < 4.78 is 5.50. The van der Waals surface area contributed by atoms with Crippen LogP contribution in [0.5, 0.6) is 5.75 Å². The molecular formula is C14H18N2O2. The third kappa shape index (κ3) is 4.10. The van der Waals surface area contributed by atoms with Crippen LogP contribution in [0.25, 0.3) is 0 Å². The van der Waals surface area contributed by atoms with Crippen LogP contribution in [0.15, 0.2) is 24.3 Å². The summed E-state index contributed by atoms with van der Waals surface area (Å²) in [6.07, 6.45) is -0.613. The average Bonchev–Trinajstić information content (AvgIpc) is 2.36. The molecule has 18 heavy (non-hydrogen) atoms. The quantitative estimate of drug-likeness (QED) is 0.865. The van der Waals surface area contributed by atoms with Gasteiger partial charge >= 0.3 is 0 Å². The van der Waals surface area contributed by atoms with Crippen LogP contribution in [0.3, 0.4) is 0 Å². The highest BCUT2D eigenvalue weighted by molar-refractivity contribution is 5.80. The normalized spacial score (nSPS) is 11.7. The lowest BCUT2D eigenvalue weighted by atomic mass is 10.2. The van der Waals surface area contributed by atoms with E-state index in [9.17, 15) is 4.79 Å². The Morgan fingerprint density at radius 2 is 2.06 bits per heavy atom. The maximum Gasteiger partial charge on any atom is 0.260 e. The van der Waals surface area contributed by atoms with Crippen LogP contribution in [-0.2, 0) is 4.79 Å². The Bertz CT molecular complexity index is 449. The number of carbonyl (C=O) groups excluding carboxylic acids is 1. The molecule has 0 saturated carbocycles. The molecule has 1 N–H and O–H groups in total. The molecule has 1 rings (SSSR count). The molecule has 0 spiro atoms. The minimum absolute atomic E-state index is 0.170. The second-order valence-electron chi connectivity index (χ2n) is 4.51. The molecule has 0 fully saturated rings. The van der Waals surface area contributed by atoms with Crippen molar-refractivity contribution in [2.45, 2.75) is 26.9 Å². The zero-order valence-corrected chi connectivity index (χ0v) is 10.9. The van der Waals surface area contributed by atoms with Gasteiger partial charge in [-0.1, -0.05) is 26.0 Å². The van der Waals surface area contributed by atoms with Gasteiger partial charge in [0.25, 0.3) is 5.91 Å². The Kier molecular flexibility index (Phi) is 5.19. The maximum absolute atomic E-state index is 11.7. The summed E-state index contributed by atoms with van der Waals surface area (Å²) in [7, 11) is 0. The number of hydrogen-bond acceptors (Lipinski definition) is 3. The summed E-state index contributed by atoms with van der Waals surface area (Å²) in [5, 5.41) is 11.7. The van der Waals surface area contributed by atoms with Crippen LogP contribution in [0.1, 0.15) is 26.3 Å². The average molecular weight is 246 g/mol. The Labute approximate surface area is 108 Å². The molecule has 0 aliphatic carbocycles. The number of carbonyl (C=O) groups is 1. The van der Waals surface area contributed by atoms with E-state index in [0.717, 1.165) is 0 Å². The van der Waals surface area contributed by atoms with Gasteiger partial charge in [-0.2, -0.15) is 5.26 Å². The van der Waals surface area contributed by atoms with Crippen LogP contribution in [-0.4, -0.2) is 18.6 Å². The van der Waals surface area contributed by atoms with E-state index in [1.165, 1.54) is 0 Å². The van der Waals surface area contributed by atoms with Gasteiger partial charge in [0.15, 0.2) is 6.10 Å².